The zero-order chi connectivity index (χ0) is 18.0. The Bertz CT molecular complexity index is 958. The Morgan fingerprint density at radius 3 is 2.76 bits per heavy atom. The summed E-state index contributed by atoms with van der Waals surface area (Å²) in [5.74, 6) is 0.876. The van der Waals surface area contributed by atoms with Crippen molar-refractivity contribution in [2.45, 2.75) is 26.3 Å². The van der Waals surface area contributed by atoms with E-state index in [1.165, 1.54) is 0 Å². The predicted octanol–water partition coefficient (Wildman–Crippen LogP) is 2.52. The molecule has 7 heteroatoms. The number of aromatic amines is 1. The summed E-state index contributed by atoms with van der Waals surface area (Å²) < 4.78 is 0. The lowest BCUT2D eigenvalue weighted by molar-refractivity contribution is 0.547. The Morgan fingerprint density at radius 2 is 2.04 bits per heavy atom. The van der Waals surface area contributed by atoms with Crippen LogP contribution in [0.15, 0.2) is 41.3 Å². The predicted molar refractivity (Wildman–Crippen MR) is 101 cm³/mol. The number of benzene rings is 1. The number of nitrogens with two attached hydrogens (primary N) is 1. The van der Waals surface area contributed by atoms with Crippen molar-refractivity contribution < 1.29 is 0 Å². The standard InChI is InChI=1S/C18H22N6O/c1-11-5-4-6-12(9-11)22-15-14-13(7-8-20-16(14)25)23-17(24-15)21-10-18(2,3)19/h4-9H,10,19H2,1-3H3,(H,20,25)(H2,21,22,23,24). The molecule has 0 amide bonds. The number of anilines is 3. The van der Waals surface area contributed by atoms with Crippen molar-refractivity contribution in [2.75, 3.05) is 17.2 Å². The number of aryl methyl sites for hydroxylation is 1. The number of fused-ring (bicyclic) bond motifs is 1. The third-order valence-corrected chi connectivity index (χ3v) is 3.60. The second kappa shape index (κ2) is 6.52. The van der Waals surface area contributed by atoms with Gasteiger partial charge in [-0.25, -0.2) is 4.98 Å². The molecular formula is C18H22N6O. The van der Waals surface area contributed by atoms with Crippen LogP contribution < -0.4 is 21.9 Å². The Morgan fingerprint density at radius 1 is 1.24 bits per heavy atom. The van der Waals surface area contributed by atoms with Crippen LogP contribution in [-0.2, 0) is 0 Å². The number of rotatable bonds is 5. The summed E-state index contributed by atoms with van der Waals surface area (Å²) in [5.41, 5.74) is 7.89. The second-order valence-corrected chi connectivity index (χ2v) is 6.80. The third kappa shape index (κ3) is 4.13. The number of hydrogen-bond donors (Lipinski definition) is 4. The van der Waals surface area contributed by atoms with Crippen LogP contribution in [0, 0.1) is 6.92 Å². The van der Waals surface area contributed by atoms with Gasteiger partial charge in [0.2, 0.25) is 5.95 Å². The van der Waals surface area contributed by atoms with Crippen LogP contribution in [0.4, 0.5) is 17.5 Å². The van der Waals surface area contributed by atoms with Crippen LogP contribution in [0.2, 0.25) is 0 Å². The first-order valence-corrected chi connectivity index (χ1v) is 8.08. The minimum atomic E-state index is -0.406. The summed E-state index contributed by atoms with van der Waals surface area (Å²) in [7, 11) is 0. The van der Waals surface area contributed by atoms with E-state index in [0.29, 0.717) is 29.2 Å². The van der Waals surface area contributed by atoms with Crippen molar-refractivity contribution in [1.82, 2.24) is 15.0 Å². The summed E-state index contributed by atoms with van der Waals surface area (Å²) in [6.07, 6.45) is 1.57. The molecule has 7 nitrogen and oxygen atoms in total. The highest BCUT2D eigenvalue weighted by atomic mass is 16.1. The number of H-pyrrole nitrogens is 1. The topological polar surface area (TPSA) is 109 Å². The summed E-state index contributed by atoms with van der Waals surface area (Å²) in [5, 5.41) is 6.78. The van der Waals surface area contributed by atoms with Crippen LogP contribution in [0.5, 0.6) is 0 Å². The average Bonchev–Trinajstić information content (AvgIpc) is 2.52. The van der Waals surface area contributed by atoms with Crippen LogP contribution >= 0.6 is 0 Å². The van der Waals surface area contributed by atoms with E-state index >= 15 is 0 Å². The van der Waals surface area contributed by atoms with Gasteiger partial charge in [-0.1, -0.05) is 12.1 Å². The van der Waals surface area contributed by atoms with E-state index in [1.807, 2.05) is 45.0 Å². The van der Waals surface area contributed by atoms with Crippen LogP contribution in [0.25, 0.3) is 10.9 Å². The van der Waals surface area contributed by atoms with Gasteiger partial charge in [-0.05, 0) is 44.5 Å². The fourth-order valence-electron chi connectivity index (χ4n) is 2.43. The largest absolute Gasteiger partial charge is 0.352 e. The van der Waals surface area contributed by atoms with E-state index in [-0.39, 0.29) is 5.56 Å². The number of hydrogen-bond acceptors (Lipinski definition) is 6. The molecular weight excluding hydrogens is 316 g/mol. The van der Waals surface area contributed by atoms with Gasteiger partial charge in [0, 0.05) is 24.0 Å². The van der Waals surface area contributed by atoms with Crippen molar-refractivity contribution in [3.8, 4) is 0 Å². The summed E-state index contributed by atoms with van der Waals surface area (Å²) >= 11 is 0. The lowest BCUT2D eigenvalue weighted by atomic mass is 10.1. The van der Waals surface area contributed by atoms with E-state index < -0.39 is 5.54 Å². The Labute approximate surface area is 145 Å². The normalized spacial score (nSPS) is 11.5. The second-order valence-electron chi connectivity index (χ2n) is 6.80. The van der Waals surface area contributed by atoms with Crippen molar-refractivity contribution in [1.29, 1.82) is 0 Å². The molecule has 2 aromatic heterocycles. The molecule has 0 bridgehead atoms. The zero-order valence-corrected chi connectivity index (χ0v) is 14.6. The number of nitrogens with one attached hydrogen (secondary N) is 3. The molecule has 2 heterocycles. The molecule has 0 spiro atoms. The van der Waals surface area contributed by atoms with Gasteiger partial charge in [-0.15, -0.1) is 0 Å². The molecule has 3 rings (SSSR count). The molecule has 1 aromatic carbocycles. The summed E-state index contributed by atoms with van der Waals surface area (Å²) in [6, 6.07) is 9.61. The molecule has 0 aliphatic rings. The first-order valence-electron chi connectivity index (χ1n) is 8.08. The van der Waals surface area contributed by atoms with Crippen LogP contribution in [-0.4, -0.2) is 27.0 Å². The fourth-order valence-corrected chi connectivity index (χ4v) is 2.43. The van der Waals surface area contributed by atoms with Crippen molar-refractivity contribution in [2.24, 2.45) is 5.73 Å². The highest BCUT2D eigenvalue weighted by Gasteiger charge is 2.14. The molecule has 0 aliphatic carbocycles. The van der Waals surface area contributed by atoms with Gasteiger partial charge in [0.1, 0.15) is 11.2 Å². The molecule has 130 valence electrons. The first kappa shape index (κ1) is 16.9. The van der Waals surface area contributed by atoms with Crippen molar-refractivity contribution in [3.05, 3.63) is 52.4 Å². The van der Waals surface area contributed by atoms with Gasteiger partial charge in [-0.2, -0.15) is 4.98 Å². The lowest BCUT2D eigenvalue weighted by Crippen LogP contribution is -2.40. The quantitative estimate of drug-likeness (QED) is 0.569. The molecule has 0 aliphatic heterocycles. The smallest absolute Gasteiger partial charge is 0.261 e. The monoisotopic (exact) mass is 338 g/mol. The van der Waals surface area contributed by atoms with Crippen molar-refractivity contribution in [3.63, 3.8) is 0 Å². The molecule has 0 saturated carbocycles. The lowest BCUT2D eigenvalue weighted by Gasteiger charge is -2.19. The van der Waals surface area contributed by atoms with Gasteiger partial charge in [0.25, 0.3) is 5.56 Å². The van der Waals surface area contributed by atoms with Crippen LogP contribution in [0.3, 0.4) is 0 Å². The number of nitrogens with zero attached hydrogens (tertiary/aromatic N) is 2. The first-order chi connectivity index (χ1) is 11.8. The number of aromatic nitrogens is 3. The molecule has 25 heavy (non-hydrogen) atoms. The molecule has 3 aromatic rings. The maximum atomic E-state index is 12.3. The molecule has 0 atom stereocenters. The number of pyridine rings is 1. The molecule has 5 N–H and O–H groups in total. The average molecular weight is 338 g/mol. The molecule has 0 fully saturated rings. The fraction of sp³-hybridized carbons (Fsp3) is 0.278. The molecule has 0 unspecified atom stereocenters. The Hall–Kier alpha value is -2.93. The summed E-state index contributed by atoms with van der Waals surface area (Å²) in [6.45, 7) is 6.34. The minimum absolute atomic E-state index is 0.238. The van der Waals surface area contributed by atoms with Crippen molar-refractivity contribution >= 4 is 28.4 Å². The van der Waals surface area contributed by atoms with Gasteiger partial charge in [0.05, 0.1) is 5.52 Å². The molecule has 0 radical (unpaired) electrons. The maximum Gasteiger partial charge on any atom is 0.261 e. The highest BCUT2D eigenvalue weighted by molar-refractivity contribution is 5.90. The van der Waals surface area contributed by atoms with E-state index in [2.05, 4.69) is 25.6 Å². The van der Waals surface area contributed by atoms with E-state index in [1.54, 1.807) is 12.3 Å². The Balaban J connectivity index is 2.06. The van der Waals surface area contributed by atoms with Gasteiger partial charge in [0.15, 0.2) is 0 Å². The van der Waals surface area contributed by atoms with E-state index in [0.717, 1.165) is 11.3 Å². The van der Waals surface area contributed by atoms with Gasteiger partial charge in [-0.3, -0.25) is 4.79 Å². The third-order valence-electron chi connectivity index (χ3n) is 3.60. The van der Waals surface area contributed by atoms with Crippen LogP contribution in [0.1, 0.15) is 19.4 Å². The SMILES string of the molecule is Cc1cccc(Nc2nc(NCC(C)(C)N)nc3cc[nH]c(=O)c23)c1. The summed E-state index contributed by atoms with van der Waals surface area (Å²) in [4.78, 5) is 23.8. The van der Waals surface area contributed by atoms with Gasteiger partial charge >= 0.3 is 0 Å². The highest BCUT2D eigenvalue weighted by Crippen LogP contribution is 2.23. The Kier molecular flexibility index (Phi) is 4.41. The van der Waals surface area contributed by atoms with E-state index in [4.69, 9.17) is 5.73 Å². The van der Waals surface area contributed by atoms with Gasteiger partial charge < -0.3 is 21.4 Å². The molecule has 0 saturated heterocycles. The zero-order valence-electron chi connectivity index (χ0n) is 14.6. The maximum absolute atomic E-state index is 12.3. The minimum Gasteiger partial charge on any atom is -0.352 e. The van der Waals surface area contributed by atoms with E-state index in [9.17, 15) is 4.79 Å².